The Morgan fingerprint density at radius 3 is 2.59 bits per heavy atom. The lowest BCUT2D eigenvalue weighted by Crippen LogP contribution is -2.22. The Kier molecular flexibility index (Phi) is 6.08. The van der Waals surface area contributed by atoms with Gasteiger partial charge in [0.2, 0.25) is 0 Å². The minimum absolute atomic E-state index is 0.143. The summed E-state index contributed by atoms with van der Waals surface area (Å²) in [5.41, 5.74) is 2.45. The van der Waals surface area contributed by atoms with Crippen LogP contribution in [0.25, 0.3) is 5.69 Å². The molecule has 140 valence electrons. The lowest BCUT2D eigenvalue weighted by atomic mass is 10.2. The lowest BCUT2D eigenvalue weighted by Gasteiger charge is -2.08. The maximum atomic E-state index is 12.3. The van der Waals surface area contributed by atoms with Gasteiger partial charge in [0.15, 0.2) is 0 Å². The number of hydrogen-bond donors (Lipinski definition) is 1. The van der Waals surface area contributed by atoms with Crippen molar-refractivity contribution < 1.29 is 14.3 Å². The summed E-state index contributed by atoms with van der Waals surface area (Å²) in [6.45, 7) is 4.37. The van der Waals surface area contributed by atoms with Crippen molar-refractivity contribution in [3.05, 3.63) is 68.1 Å². The van der Waals surface area contributed by atoms with Gasteiger partial charge in [0, 0.05) is 10.4 Å². The molecule has 1 aromatic carbocycles. The number of amides is 1. The summed E-state index contributed by atoms with van der Waals surface area (Å²) in [7, 11) is 0. The average molecular weight is 448 g/mol. The highest BCUT2D eigenvalue weighted by Gasteiger charge is 2.16. The minimum Gasteiger partial charge on any atom is -0.462 e. The summed E-state index contributed by atoms with van der Waals surface area (Å²) in [5, 5.41) is 7.15. The molecule has 0 saturated heterocycles. The van der Waals surface area contributed by atoms with Crippen LogP contribution in [-0.2, 0) is 11.3 Å². The molecule has 0 aliphatic heterocycles. The Morgan fingerprint density at radius 2 is 1.96 bits per heavy atom. The van der Waals surface area contributed by atoms with Gasteiger partial charge in [0.25, 0.3) is 5.91 Å². The van der Waals surface area contributed by atoms with Gasteiger partial charge in [-0.05, 0) is 66.2 Å². The van der Waals surface area contributed by atoms with Gasteiger partial charge in [0.1, 0.15) is 5.56 Å². The van der Waals surface area contributed by atoms with E-state index in [4.69, 9.17) is 4.74 Å². The Morgan fingerprint density at radius 1 is 1.22 bits per heavy atom. The molecule has 1 amide bonds. The molecule has 0 radical (unpaired) electrons. The monoisotopic (exact) mass is 447 g/mol. The van der Waals surface area contributed by atoms with E-state index >= 15 is 0 Å². The highest BCUT2D eigenvalue weighted by molar-refractivity contribution is 9.11. The molecule has 0 aliphatic carbocycles. The predicted molar refractivity (Wildman–Crippen MR) is 107 cm³/mol. The van der Waals surface area contributed by atoms with Crippen LogP contribution in [0.2, 0.25) is 0 Å². The van der Waals surface area contributed by atoms with Gasteiger partial charge in [-0.15, -0.1) is 11.3 Å². The Hall–Kier alpha value is -2.45. The Labute approximate surface area is 169 Å². The summed E-state index contributed by atoms with van der Waals surface area (Å²) in [6, 6.07) is 11.0. The molecule has 0 atom stereocenters. The number of esters is 1. The zero-order valence-corrected chi connectivity index (χ0v) is 17.3. The first-order chi connectivity index (χ1) is 13.0. The summed E-state index contributed by atoms with van der Waals surface area (Å²) >= 11 is 4.99. The molecule has 0 bridgehead atoms. The van der Waals surface area contributed by atoms with Gasteiger partial charge in [-0.1, -0.05) is 0 Å². The van der Waals surface area contributed by atoms with Crippen molar-refractivity contribution in [2.24, 2.45) is 0 Å². The normalized spacial score (nSPS) is 10.6. The number of thiophene rings is 1. The first-order valence-corrected chi connectivity index (χ1v) is 9.95. The smallest absolute Gasteiger partial charge is 0.341 e. The molecule has 0 aliphatic rings. The van der Waals surface area contributed by atoms with Crippen LogP contribution in [0.3, 0.4) is 0 Å². The molecule has 3 aromatic rings. The molecule has 3 rings (SSSR count). The summed E-state index contributed by atoms with van der Waals surface area (Å²) < 4.78 is 7.71. The van der Waals surface area contributed by atoms with Crippen molar-refractivity contribution in [2.45, 2.75) is 20.4 Å². The SMILES string of the molecule is CCOC(=O)c1cnn(-c2ccc(C(=O)NCc3ccc(Br)s3)cc2)c1C. The number of nitrogens with zero attached hydrogens (tertiary/aromatic N) is 2. The maximum Gasteiger partial charge on any atom is 0.341 e. The van der Waals surface area contributed by atoms with E-state index in [-0.39, 0.29) is 5.91 Å². The number of halogens is 1. The number of benzene rings is 1. The van der Waals surface area contributed by atoms with Crippen LogP contribution in [0, 0.1) is 6.92 Å². The fraction of sp³-hybridized carbons (Fsp3) is 0.211. The highest BCUT2D eigenvalue weighted by atomic mass is 79.9. The van der Waals surface area contributed by atoms with E-state index in [2.05, 4.69) is 26.3 Å². The summed E-state index contributed by atoms with van der Waals surface area (Å²) in [5.74, 6) is -0.534. The molecule has 2 heterocycles. The van der Waals surface area contributed by atoms with E-state index in [0.717, 1.165) is 14.4 Å². The van der Waals surface area contributed by atoms with Gasteiger partial charge in [0.05, 0.1) is 34.5 Å². The van der Waals surface area contributed by atoms with E-state index in [0.29, 0.717) is 30.0 Å². The Bertz CT molecular complexity index is 963. The first kappa shape index (κ1) is 19.3. The molecule has 2 aromatic heterocycles. The van der Waals surface area contributed by atoms with Gasteiger partial charge in [-0.2, -0.15) is 5.10 Å². The van der Waals surface area contributed by atoms with E-state index in [1.54, 1.807) is 54.1 Å². The molecule has 6 nitrogen and oxygen atoms in total. The zero-order chi connectivity index (χ0) is 19.4. The third-order valence-corrected chi connectivity index (χ3v) is 5.55. The molecular weight excluding hydrogens is 430 g/mol. The molecule has 0 fully saturated rings. The molecule has 0 unspecified atom stereocenters. The third kappa shape index (κ3) is 4.45. The standard InChI is InChI=1S/C19H18BrN3O3S/c1-3-26-19(25)16-11-22-23(12(16)2)14-6-4-13(5-7-14)18(24)21-10-15-8-9-17(20)27-15/h4-9,11H,3,10H2,1-2H3,(H,21,24). The number of ether oxygens (including phenoxy) is 1. The van der Waals surface area contributed by atoms with Crippen LogP contribution >= 0.6 is 27.3 Å². The van der Waals surface area contributed by atoms with E-state index in [1.165, 1.54) is 6.20 Å². The fourth-order valence-corrected chi connectivity index (χ4v) is 3.97. The number of carbonyl (C=O) groups excluding carboxylic acids is 2. The summed E-state index contributed by atoms with van der Waals surface area (Å²) in [6.07, 6.45) is 1.49. The topological polar surface area (TPSA) is 73.2 Å². The highest BCUT2D eigenvalue weighted by Crippen LogP contribution is 2.22. The average Bonchev–Trinajstić information content (AvgIpc) is 3.25. The van der Waals surface area contributed by atoms with Crippen molar-refractivity contribution in [1.29, 1.82) is 0 Å². The van der Waals surface area contributed by atoms with E-state index in [1.807, 2.05) is 12.1 Å². The van der Waals surface area contributed by atoms with Crippen molar-refractivity contribution >= 4 is 39.1 Å². The van der Waals surface area contributed by atoms with Crippen molar-refractivity contribution in [2.75, 3.05) is 6.61 Å². The van der Waals surface area contributed by atoms with Crippen molar-refractivity contribution in [3.8, 4) is 5.69 Å². The van der Waals surface area contributed by atoms with Crippen LogP contribution in [0.1, 0.15) is 38.2 Å². The van der Waals surface area contributed by atoms with Gasteiger partial charge in [-0.25, -0.2) is 9.48 Å². The second-order valence-electron chi connectivity index (χ2n) is 5.71. The second-order valence-corrected chi connectivity index (χ2v) is 8.26. The quantitative estimate of drug-likeness (QED) is 0.576. The van der Waals surface area contributed by atoms with Crippen molar-refractivity contribution in [3.63, 3.8) is 0 Å². The van der Waals surface area contributed by atoms with Gasteiger partial charge < -0.3 is 10.1 Å². The largest absolute Gasteiger partial charge is 0.462 e. The molecule has 0 saturated carbocycles. The van der Waals surface area contributed by atoms with Crippen LogP contribution in [0.15, 0.2) is 46.4 Å². The maximum absolute atomic E-state index is 12.3. The van der Waals surface area contributed by atoms with Gasteiger partial charge >= 0.3 is 5.97 Å². The van der Waals surface area contributed by atoms with Crippen LogP contribution in [0.4, 0.5) is 0 Å². The number of rotatable bonds is 6. The molecular formula is C19H18BrN3O3S. The fourth-order valence-electron chi connectivity index (χ4n) is 2.55. The number of aromatic nitrogens is 2. The lowest BCUT2D eigenvalue weighted by molar-refractivity contribution is 0.0525. The van der Waals surface area contributed by atoms with E-state index < -0.39 is 5.97 Å². The molecule has 8 heteroatoms. The number of hydrogen-bond acceptors (Lipinski definition) is 5. The third-order valence-electron chi connectivity index (χ3n) is 3.93. The van der Waals surface area contributed by atoms with Crippen molar-refractivity contribution in [1.82, 2.24) is 15.1 Å². The first-order valence-electron chi connectivity index (χ1n) is 8.34. The number of carbonyl (C=O) groups is 2. The van der Waals surface area contributed by atoms with Gasteiger partial charge in [-0.3, -0.25) is 4.79 Å². The molecule has 27 heavy (non-hydrogen) atoms. The zero-order valence-electron chi connectivity index (χ0n) is 14.9. The van der Waals surface area contributed by atoms with Crippen LogP contribution < -0.4 is 5.32 Å². The Balaban J connectivity index is 1.70. The van der Waals surface area contributed by atoms with Crippen LogP contribution in [0.5, 0.6) is 0 Å². The minimum atomic E-state index is -0.391. The molecule has 1 N–H and O–H groups in total. The number of nitrogens with one attached hydrogen (secondary N) is 1. The van der Waals surface area contributed by atoms with E-state index in [9.17, 15) is 9.59 Å². The predicted octanol–water partition coefficient (Wildman–Crippen LogP) is 4.11. The second kappa shape index (κ2) is 8.49. The van der Waals surface area contributed by atoms with Crippen LogP contribution in [-0.4, -0.2) is 28.3 Å². The summed E-state index contributed by atoms with van der Waals surface area (Å²) in [4.78, 5) is 25.3. The molecule has 0 spiro atoms.